The molecule has 0 radical (unpaired) electrons. The molecule has 2 aromatic rings. The summed E-state index contributed by atoms with van der Waals surface area (Å²) in [6.45, 7) is 1.54. The van der Waals surface area contributed by atoms with E-state index in [2.05, 4.69) is 14.1 Å². The van der Waals surface area contributed by atoms with Gasteiger partial charge >= 0.3 is 0 Å². The summed E-state index contributed by atoms with van der Waals surface area (Å²) in [7, 11) is 0. The van der Waals surface area contributed by atoms with Crippen LogP contribution in [0.4, 0.5) is 20.3 Å². The van der Waals surface area contributed by atoms with Crippen molar-refractivity contribution in [2.24, 2.45) is 0 Å². The van der Waals surface area contributed by atoms with Gasteiger partial charge in [0.1, 0.15) is 11.5 Å². The monoisotopic (exact) mass is 261 g/mol. The number of hydrogen-bond donors (Lipinski definition) is 1. The summed E-state index contributed by atoms with van der Waals surface area (Å²) in [5, 5.41) is 2.57. The van der Waals surface area contributed by atoms with E-state index in [1.807, 2.05) is 0 Å². The topological polar surface area (TPSA) is 37.8 Å². The minimum absolute atomic E-state index is 0.0882. The van der Waals surface area contributed by atoms with Gasteiger partial charge in [0.15, 0.2) is 16.8 Å². The number of aromatic nitrogens is 2. The summed E-state index contributed by atoms with van der Waals surface area (Å²) in [6, 6.07) is 2.53. The average molecular weight is 262 g/mol. The van der Waals surface area contributed by atoms with Gasteiger partial charge in [0.05, 0.1) is 11.7 Å². The third-order valence-electron chi connectivity index (χ3n) is 1.98. The smallest absolute Gasteiger partial charge is 0.187 e. The lowest BCUT2D eigenvalue weighted by molar-refractivity contribution is 0.585. The van der Waals surface area contributed by atoms with Crippen molar-refractivity contribution >= 4 is 34.8 Å². The predicted octanol–water partition coefficient (Wildman–Crippen LogP) is 3.52. The summed E-state index contributed by atoms with van der Waals surface area (Å²) >= 11 is 6.53. The predicted molar refractivity (Wildman–Crippen MR) is 59.3 cm³/mol. The highest BCUT2D eigenvalue weighted by atomic mass is 35.5. The third kappa shape index (κ3) is 1.98. The van der Waals surface area contributed by atoms with E-state index in [4.69, 9.17) is 11.6 Å². The standard InChI is InChI=1S/C9H6ClF2N3S/c1-4-2-3-5(11)7(6(4)12)13-9-8(10)14-16-15-9/h2-3H,1H3,(H,13,15). The van der Waals surface area contributed by atoms with Crippen LogP contribution in [0.1, 0.15) is 5.56 Å². The van der Waals surface area contributed by atoms with Gasteiger partial charge in [-0.25, -0.2) is 8.78 Å². The highest BCUT2D eigenvalue weighted by Gasteiger charge is 2.14. The minimum Gasteiger partial charge on any atom is -0.332 e. The maximum absolute atomic E-state index is 13.6. The van der Waals surface area contributed by atoms with Crippen molar-refractivity contribution in [3.8, 4) is 0 Å². The molecule has 0 saturated carbocycles. The maximum Gasteiger partial charge on any atom is 0.187 e. The molecule has 1 N–H and O–H groups in total. The lowest BCUT2D eigenvalue weighted by Crippen LogP contribution is -1.99. The lowest BCUT2D eigenvalue weighted by Gasteiger charge is -2.07. The molecule has 0 amide bonds. The number of nitrogens with one attached hydrogen (secondary N) is 1. The molecule has 0 aliphatic carbocycles. The number of halogens is 3. The fourth-order valence-corrected chi connectivity index (χ4v) is 1.79. The lowest BCUT2D eigenvalue weighted by atomic mass is 10.2. The molecule has 0 aliphatic rings. The van der Waals surface area contributed by atoms with Gasteiger partial charge in [0.25, 0.3) is 0 Å². The summed E-state index contributed by atoms with van der Waals surface area (Å²) < 4.78 is 34.4. The third-order valence-corrected chi connectivity index (χ3v) is 2.87. The Balaban J connectivity index is 2.42. The zero-order valence-electron chi connectivity index (χ0n) is 8.09. The molecule has 2 rings (SSSR count). The molecule has 0 fully saturated rings. The van der Waals surface area contributed by atoms with Crippen LogP contribution >= 0.6 is 23.3 Å². The van der Waals surface area contributed by atoms with Crippen molar-refractivity contribution in [2.45, 2.75) is 6.92 Å². The number of aryl methyl sites for hydroxylation is 1. The molecule has 0 unspecified atom stereocenters. The van der Waals surface area contributed by atoms with Crippen molar-refractivity contribution in [1.82, 2.24) is 8.75 Å². The van der Waals surface area contributed by atoms with Crippen LogP contribution in [0, 0.1) is 18.6 Å². The van der Waals surface area contributed by atoms with E-state index in [9.17, 15) is 8.78 Å². The molecular weight excluding hydrogens is 256 g/mol. The second-order valence-corrected chi connectivity index (χ2v) is 3.97. The molecule has 1 heterocycles. The second-order valence-electron chi connectivity index (χ2n) is 3.08. The molecule has 0 bridgehead atoms. The zero-order chi connectivity index (χ0) is 11.7. The van der Waals surface area contributed by atoms with Crippen LogP contribution in [0.15, 0.2) is 12.1 Å². The molecule has 7 heteroatoms. The molecule has 1 aromatic heterocycles. The summed E-state index contributed by atoms with van der Waals surface area (Å²) in [5.74, 6) is -1.22. The van der Waals surface area contributed by atoms with Crippen LogP contribution in [0.5, 0.6) is 0 Å². The SMILES string of the molecule is Cc1ccc(F)c(Nc2nsnc2Cl)c1F. The van der Waals surface area contributed by atoms with Gasteiger partial charge in [-0.1, -0.05) is 17.7 Å². The van der Waals surface area contributed by atoms with Gasteiger partial charge in [-0.3, -0.25) is 0 Å². The van der Waals surface area contributed by atoms with Crippen molar-refractivity contribution in [3.63, 3.8) is 0 Å². The Labute approximate surface area is 99.4 Å². The number of hydrogen-bond acceptors (Lipinski definition) is 4. The minimum atomic E-state index is -0.702. The van der Waals surface area contributed by atoms with Crippen LogP contribution in [0.2, 0.25) is 5.15 Å². The summed E-state index contributed by atoms with van der Waals surface area (Å²) in [5.41, 5.74) is 0.0674. The first-order valence-electron chi connectivity index (χ1n) is 4.29. The maximum atomic E-state index is 13.6. The first-order valence-corrected chi connectivity index (χ1v) is 5.40. The van der Waals surface area contributed by atoms with E-state index in [1.165, 1.54) is 12.1 Å². The van der Waals surface area contributed by atoms with Crippen molar-refractivity contribution in [1.29, 1.82) is 0 Å². The molecule has 0 atom stereocenters. The van der Waals surface area contributed by atoms with Crippen LogP contribution in [-0.4, -0.2) is 8.75 Å². The summed E-state index contributed by atoms with van der Waals surface area (Å²) in [6.07, 6.45) is 0. The molecule has 84 valence electrons. The number of rotatable bonds is 2. The molecule has 0 aliphatic heterocycles. The van der Waals surface area contributed by atoms with E-state index in [1.54, 1.807) is 6.92 Å². The van der Waals surface area contributed by atoms with Crippen molar-refractivity contribution in [3.05, 3.63) is 34.5 Å². The molecule has 3 nitrogen and oxygen atoms in total. The first kappa shape index (κ1) is 11.2. The Kier molecular flexibility index (Phi) is 3.02. The highest BCUT2D eigenvalue weighted by molar-refractivity contribution is 6.99. The van der Waals surface area contributed by atoms with Crippen LogP contribution in [-0.2, 0) is 0 Å². The Bertz CT molecular complexity index is 529. The van der Waals surface area contributed by atoms with Gasteiger partial charge in [-0.05, 0) is 18.6 Å². The highest BCUT2D eigenvalue weighted by Crippen LogP contribution is 2.28. The Hall–Kier alpha value is -1.27. The Morgan fingerprint density at radius 1 is 1.31 bits per heavy atom. The Morgan fingerprint density at radius 2 is 2.06 bits per heavy atom. The van der Waals surface area contributed by atoms with E-state index < -0.39 is 11.6 Å². The molecular formula is C9H6ClF2N3S. The first-order chi connectivity index (χ1) is 7.59. The van der Waals surface area contributed by atoms with Gasteiger partial charge in [-0.2, -0.15) is 8.75 Å². The molecule has 0 spiro atoms. The van der Waals surface area contributed by atoms with Crippen LogP contribution in [0.25, 0.3) is 0 Å². The normalized spacial score (nSPS) is 10.5. The quantitative estimate of drug-likeness (QED) is 0.899. The summed E-state index contributed by atoms with van der Waals surface area (Å²) in [4.78, 5) is 0. The Morgan fingerprint density at radius 3 is 2.69 bits per heavy atom. The van der Waals surface area contributed by atoms with Gasteiger partial charge in [0.2, 0.25) is 0 Å². The second kappa shape index (κ2) is 4.31. The zero-order valence-corrected chi connectivity index (χ0v) is 9.66. The van der Waals surface area contributed by atoms with E-state index in [0.29, 0.717) is 5.56 Å². The van der Waals surface area contributed by atoms with Crippen molar-refractivity contribution in [2.75, 3.05) is 5.32 Å². The van der Waals surface area contributed by atoms with Crippen molar-refractivity contribution < 1.29 is 8.78 Å². The molecule has 0 saturated heterocycles. The fraction of sp³-hybridized carbons (Fsp3) is 0.111. The number of anilines is 2. The fourth-order valence-electron chi connectivity index (χ4n) is 1.14. The van der Waals surface area contributed by atoms with Crippen LogP contribution < -0.4 is 5.32 Å². The number of nitrogens with zero attached hydrogens (tertiary/aromatic N) is 2. The molecule has 16 heavy (non-hydrogen) atoms. The van der Waals surface area contributed by atoms with Gasteiger partial charge in [-0.15, -0.1) is 0 Å². The number of benzene rings is 1. The largest absolute Gasteiger partial charge is 0.332 e. The van der Waals surface area contributed by atoms with E-state index in [0.717, 1.165) is 11.7 Å². The van der Waals surface area contributed by atoms with E-state index in [-0.39, 0.29) is 16.7 Å². The molecule has 1 aromatic carbocycles. The van der Waals surface area contributed by atoms with E-state index >= 15 is 0 Å². The van der Waals surface area contributed by atoms with Gasteiger partial charge in [0, 0.05) is 0 Å². The average Bonchev–Trinajstić information content (AvgIpc) is 2.65. The van der Waals surface area contributed by atoms with Crippen LogP contribution in [0.3, 0.4) is 0 Å². The van der Waals surface area contributed by atoms with Gasteiger partial charge < -0.3 is 5.32 Å².